The molecule has 136 valence electrons. The van der Waals surface area contributed by atoms with Gasteiger partial charge in [0.2, 0.25) is 9.84 Å². The van der Waals surface area contributed by atoms with Gasteiger partial charge < -0.3 is 10.2 Å². The van der Waals surface area contributed by atoms with Crippen LogP contribution in [0.5, 0.6) is 0 Å². The Balaban J connectivity index is 1.66. The first-order chi connectivity index (χ1) is 13.0. The SMILES string of the molecule is C=CN(C)CNc1ccc(-c2ccc3c(c2)S(=O)(=O)c2ccccc2-3)cc1. The molecule has 0 saturated heterocycles. The summed E-state index contributed by atoms with van der Waals surface area (Å²) in [4.78, 5) is 2.72. The van der Waals surface area contributed by atoms with E-state index in [1.807, 2.05) is 60.5 Å². The van der Waals surface area contributed by atoms with Gasteiger partial charge in [0, 0.05) is 23.9 Å². The molecule has 27 heavy (non-hydrogen) atoms. The molecule has 0 radical (unpaired) electrons. The summed E-state index contributed by atoms with van der Waals surface area (Å²) in [6, 6.07) is 20.8. The van der Waals surface area contributed by atoms with Crippen LogP contribution in [0, 0.1) is 0 Å². The average molecular weight is 376 g/mol. The summed E-state index contributed by atoms with van der Waals surface area (Å²) in [6.07, 6.45) is 1.75. The summed E-state index contributed by atoms with van der Waals surface area (Å²) >= 11 is 0. The van der Waals surface area contributed by atoms with Crippen LogP contribution in [-0.4, -0.2) is 27.0 Å². The summed E-state index contributed by atoms with van der Waals surface area (Å²) in [5.74, 6) is 0. The van der Waals surface area contributed by atoms with Crippen molar-refractivity contribution in [3.8, 4) is 22.3 Å². The second-order valence-electron chi connectivity index (χ2n) is 6.56. The van der Waals surface area contributed by atoms with Crippen LogP contribution in [0.15, 0.2) is 89.3 Å². The first-order valence-electron chi connectivity index (χ1n) is 8.66. The molecule has 0 spiro atoms. The van der Waals surface area contributed by atoms with Crippen LogP contribution in [-0.2, 0) is 9.84 Å². The molecule has 0 unspecified atom stereocenters. The Bertz CT molecular complexity index is 1120. The molecule has 0 bridgehead atoms. The van der Waals surface area contributed by atoms with E-state index >= 15 is 0 Å². The highest BCUT2D eigenvalue weighted by molar-refractivity contribution is 7.92. The molecule has 0 atom stereocenters. The fourth-order valence-electron chi connectivity index (χ4n) is 3.25. The van der Waals surface area contributed by atoms with Gasteiger partial charge in [-0.2, -0.15) is 0 Å². The first kappa shape index (κ1) is 17.4. The second-order valence-corrected chi connectivity index (χ2v) is 8.45. The Morgan fingerprint density at radius 2 is 1.59 bits per heavy atom. The Morgan fingerprint density at radius 3 is 2.33 bits per heavy atom. The quantitative estimate of drug-likeness (QED) is 0.517. The van der Waals surface area contributed by atoms with E-state index in [9.17, 15) is 8.42 Å². The highest BCUT2D eigenvalue weighted by Gasteiger charge is 2.32. The highest BCUT2D eigenvalue weighted by Crippen LogP contribution is 2.44. The van der Waals surface area contributed by atoms with Crippen molar-refractivity contribution in [1.29, 1.82) is 0 Å². The normalized spacial score (nSPS) is 13.5. The Kier molecular flexibility index (Phi) is 4.24. The fourth-order valence-corrected chi connectivity index (χ4v) is 4.96. The number of nitrogens with zero attached hydrogens (tertiary/aromatic N) is 1. The lowest BCUT2D eigenvalue weighted by molar-refractivity contribution is 0.493. The smallest absolute Gasteiger partial charge is 0.207 e. The number of fused-ring (bicyclic) bond motifs is 3. The molecular weight excluding hydrogens is 356 g/mol. The summed E-state index contributed by atoms with van der Waals surface area (Å²) in [7, 11) is -1.51. The maximum atomic E-state index is 12.9. The number of hydrogen-bond acceptors (Lipinski definition) is 4. The van der Waals surface area contributed by atoms with Crippen LogP contribution in [0.4, 0.5) is 5.69 Å². The third kappa shape index (κ3) is 3.00. The molecule has 0 aromatic heterocycles. The average Bonchev–Trinajstić information content (AvgIpc) is 2.94. The summed E-state index contributed by atoms with van der Waals surface area (Å²) in [5.41, 5.74) is 4.42. The maximum Gasteiger partial charge on any atom is 0.207 e. The number of sulfone groups is 1. The van der Waals surface area contributed by atoms with E-state index < -0.39 is 9.84 Å². The van der Waals surface area contributed by atoms with E-state index in [1.165, 1.54) is 0 Å². The Morgan fingerprint density at radius 1 is 0.926 bits per heavy atom. The zero-order chi connectivity index (χ0) is 19.0. The van der Waals surface area contributed by atoms with Crippen molar-refractivity contribution in [3.05, 3.63) is 79.5 Å². The van der Waals surface area contributed by atoms with E-state index in [-0.39, 0.29) is 0 Å². The van der Waals surface area contributed by atoms with Crippen molar-refractivity contribution < 1.29 is 8.42 Å². The van der Waals surface area contributed by atoms with E-state index in [4.69, 9.17) is 0 Å². The minimum Gasteiger partial charge on any atom is -0.368 e. The van der Waals surface area contributed by atoms with E-state index in [0.717, 1.165) is 27.9 Å². The monoisotopic (exact) mass is 376 g/mol. The molecule has 0 fully saturated rings. The molecule has 0 amide bonds. The van der Waals surface area contributed by atoms with Crippen LogP contribution < -0.4 is 5.32 Å². The maximum absolute atomic E-state index is 12.9. The van der Waals surface area contributed by atoms with Gasteiger partial charge >= 0.3 is 0 Å². The van der Waals surface area contributed by atoms with Crippen molar-refractivity contribution in [2.45, 2.75) is 9.79 Å². The lowest BCUT2D eigenvalue weighted by atomic mass is 10.0. The molecule has 3 aromatic rings. The zero-order valence-electron chi connectivity index (χ0n) is 15.0. The van der Waals surface area contributed by atoms with Gasteiger partial charge in [0.15, 0.2) is 0 Å². The summed E-state index contributed by atoms with van der Waals surface area (Å²) in [5, 5.41) is 3.30. The summed E-state index contributed by atoms with van der Waals surface area (Å²) < 4.78 is 25.7. The third-order valence-electron chi connectivity index (χ3n) is 4.80. The predicted octanol–water partition coefficient (Wildman–Crippen LogP) is 4.61. The number of nitrogens with one attached hydrogen (secondary N) is 1. The van der Waals surface area contributed by atoms with E-state index in [2.05, 4.69) is 11.9 Å². The van der Waals surface area contributed by atoms with Crippen LogP contribution >= 0.6 is 0 Å². The molecule has 0 aliphatic carbocycles. The number of hydrogen-bond donors (Lipinski definition) is 1. The van der Waals surface area contributed by atoms with Crippen LogP contribution in [0.2, 0.25) is 0 Å². The van der Waals surface area contributed by atoms with Crippen LogP contribution in [0.3, 0.4) is 0 Å². The molecule has 4 rings (SSSR count). The lowest BCUT2D eigenvalue weighted by Crippen LogP contribution is -2.19. The van der Waals surface area contributed by atoms with Gasteiger partial charge in [0.1, 0.15) is 0 Å². The van der Waals surface area contributed by atoms with Crippen molar-refractivity contribution in [3.63, 3.8) is 0 Å². The van der Waals surface area contributed by atoms with Gasteiger partial charge in [-0.1, -0.05) is 49.0 Å². The lowest BCUT2D eigenvalue weighted by Gasteiger charge is -2.15. The standard InChI is InChI=1S/C22H20N2O2S/c1-3-24(2)15-23-18-11-8-16(9-12-18)17-10-13-20-19-6-4-5-7-21(19)27(25,26)22(20)14-17/h3-14,23H,1,15H2,2H3. The van der Waals surface area contributed by atoms with Gasteiger partial charge in [-0.25, -0.2) is 8.42 Å². The number of benzene rings is 3. The molecule has 0 saturated carbocycles. The molecular formula is C22H20N2O2S. The zero-order valence-corrected chi connectivity index (χ0v) is 15.8. The minimum absolute atomic E-state index is 0.385. The molecule has 1 N–H and O–H groups in total. The number of anilines is 1. The first-order valence-corrected chi connectivity index (χ1v) is 10.1. The molecule has 1 heterocycles. The molecule has 3 aromatic carbocycles. The third-order valence-corrected chi connectivity index (χ3v) is 6.65. The van der Waals surface area contributed by atoms with Crippen molar-refractivity contribution in [2.75, 3.05) is 19.0 Å². The van der Waals surface area contributed by atoms with Crippen LogP contribution in [0.1, 0.15) is 0 Å². The Hall–Kier alpha value is -3.05. The van der Waals surface area contributed by atoms with E-state index in [0.29, 0.717) is 16.5 Å². The van der Waals surface area contributed by atoms with Crippen molar-refractivity contribution in [1.82, 2.24) is 4.90 Å². The van der Waals surface area contributed by atoms with Gasteiger partial charge in [-0.15, -0.1) is 0 Å². The molecule has 4 nitrogen and oxygen atoms in total. The van der Waals surface area contributed by atoms with Crippen molar-refractivity contribution >= 4 is 15.5 Å². The van der Waals surface area contributed by atoms with Crippen LogP contribution in [0.25, 0.3) is 22.3 Å². The predicted molar refractivity (Wildman–Crippen MR) is 109 cm³/mol. The van der Waals surface area contributed by atoms with Gasteiger partial charge in [-0.05, 0) is 41.6 Å². The molecule has 1 aliphatic heterocycles. The summed E-state index contributed by atoms with van der Waals surface area (Å²) in [6.45, 7) is 4.38. The molecule has 1 aliphatic rings. The molecule has 5 heteroatoms. The topological polar surface area (TPSA) is 49.4 Å². The van der Waals surface area contributed by atoms with E-state index in [1.54, 1.807) is 24.4 Å². The van der Waals surface area contributed by atoms with Crippen molar-refractivity contribution in [2.24, 2.45) is 0 Å². The Labute approximate surface area is 159 Å². The van der Waals surface area contributed by atoms with Gasteiger partial charge in [0.05, 0.1) is 16.5 Å². The number of rotatable bonds is 5. The second kappa shape index (κ2) is 6.59. The highest BCUT2D eigenvalue weighted by atomic mass is 32.2. The van der Waals surface area contributed by atoms with Gasteiger partial charge in [0.25, 0.3) is 0 Å². The van der Waals surface area contributed by atoms with Gasteiger partial charge in [-0.3, -0.25) is 0 Å². The fraction of sp³-hybridized carbons (Fsp3) is 0.0909. The largest absolute Gasteiger partial charge is 0.368 e. The minimum atomic E-state index is -3.45.